The van der Waals surface area contributed by atoms with E-state index in [9.17, 15) is 4.79 Å². The molecule has 3 aromatic heterocycles. The average molecular weight is 416 g/mol. The largest absolute Gasteiger partial charge is 0.457 e. The second-order valence-electron chi connectivity index (χ2n) is 8.05. The smallest absolute Gasteiger partial charge is 0.400 e. The molecule has 31 heavy (non-hydrogen) atoms. The van der Waals surface area contributed by atoms with E-state index >= 15 is 0 Å². The molecule has 0 radical (unpaired) electrons. The molecule has 1 unspecified atom stereocenters. The van der Waals surface area contributed by atoms with Gasteiger partial charge in [0.25, 0.3) is 0 Å². The third kappa shape index (κ3) is 3.26. The van der Waals surface area contributed by atoms with E-state index in [-0.39, 0.29) is 11.7 Å². The van der Waals surface area contributed by atoms with Gasteiger partial charge in [-0.1, -0.05) is 23.4 Å². The third-order valence-electron chi connectivity index (χ3n) is 6.22. The molecule has 0 saturated carbocycles. The Bertz CT molecular complexity index is 1310. The number of fused-ring (bicyclic) bond motifs is 3. The van der Waals surface area contributed by atoms with Crippen molar-refractivity contribution in [1.29, 1.82) is 0 Å². The van der Waals surface area contributed by atoms with Crippen LogP contribution in [0.2, 0.25) is 0 Å². The summed E-state index contributed by atoms with van der Waals surface area (Å²) in [4.78, 5) is 22.4. The molecule has 158 valence electrons. The van der Waals surface area contributed by atoms with Crippen molar-refractivity contribution in [1.82, 2.24) is 14.1 Å². The zero-order valence-corrected chi connectivity index (χ0v) is 17.8. The lowest BCUT2D eigenvalue weighted by atomic mass is 9.84. The van der Waals surface area contributed by atoms with Crippen molar-refractivity contribution in [3.63, 3.8) is 0 Å². The number of imidazole rings is 1. The highest BCUT2D eigenvalue weighted by atomic mass is 16.7. The summed E-state index contributed by atoms with van der Waals surface area (Å²) < 4.78 is 9.62. The number of carbonyl (C=O) groups is 1. The van der Waals surface area contributed by atoms with Gasteiger partial charge in [-0.3, -0.25) is 0 Å². The summed E-state index contributed by atoms with van der Waals surface area (Å²) in [6, 6.07) is 10.0. The molecule has 7 heteroatoms. The normalized spacial score (nSPS) is 17.3. The maximum absolute atomic E-state index is 12.6. The van der Waals surface area contributed by atoms with E-state index in [1.54, 1.807) is 19.2 Å². The molecule has 1 aliphatic rings. The summed E-state index contributed by atoms with van der Waals surface area (Å²) in [6.45, 7) is 4.52. The van der Waals surface area contributed by atoms with Gasteiger partial charge < -0.3 is 18.4 Å². The predicted octanol–water partition coefficient (Wildman–Crippen LogP) is 4.41. The van der Waals surface area contributed by atoms with Crippen LogP contribution in [0.1, 0.15) is 39.6 Å². The number of hydrogen-bond acceptors (Lipinski definition) is 5. The number of oxime groups is 1. The van der Waals surface area contributed by atoms with Crippen molar-refractivity contribution in [2.24, 2.45) is 18.1 Å². The second-order valence-corrected chi connectivity index (χ2v) is 8.05. The summed E-state index contributed by atoms with van der Waals surface area (Å²) in [6.07, 6.45) is 7.10. The molecule has 1 aliphatic carbocycles. The number of para-hydroxylation sites is 1. The second kappa shape index (κ2) is 7.58. The minimum Gasteiger partial charge on any atom is -0.457 e. The molecular formula is C24H24N4O3. The van der Waals surface area contributed by atoms with Crippen molar-refractivity contribution in [3.8, 4) is 0 Å². The number of nitrogens with zero attached hydrogens (tertiary/aromatic N) is 4. The third-order valence-corrected chi connectivity index (χ3v) is 6.22. The van der Waals surface area contributed by atoms with Crippen LogP contribution >= 0.6 is 0 Å². The molecular weight excluding hydrogens is 392 g/mol. The first-order valence-corrected chi connectivity index (χ1v) is 10.4. The van der Waals surface area contributed by atoms with Gasteiger partial charge in [0.1, 0.15) is 5.82 Å². The van der Waals surface area contributed by atoms with Crippen LogP contribution in [0, 0.1) is 19.8 Å². The Morgan fingerprint density at radius 2 is 2.13 bits per heavy atom. The van der Waals surface area contributed by atoms with E-state index in [2.05, 4.69) is 38.5 Å². The standard InChI is InChI=1S/C24H24N4O3/c1-15-10-13-30-23(15)24(29)31-26-22-17(14-28-12-11-25-16(28)2)8-9-20-21(22)18-6-4-5-7-19(18)27(20)3/h4-7,10-13,17H,8-9,14H2,1-3H3. The minimum absolute atomic E-state index is 0.0942. The van der Waals surface area contributed by atoms with Crippen LogP contribution < -0.4 is 0 Å². The van der Waals surface area contributed by atoms with Crippen LogP contribution in [-0.2, 0) is 24.9 Å². The average Bonchev–Trinajstić information content (AvgIpc) is 3.46. The molecule has 4 aromatic rings. The number of hydrogen-bond donors (Lipinski definition) is 0. The molecule has 5 rings (SSSR count). The molecule has 3 heterocycles. The van der Waals surface area contributed by atoms with Crippen molar-refractivity contribution >= 4 is 22.6 Å². The van der Waals surface area contributed by atoms with Gasteiger partial charge in [0, 0.05) is 59.6 Å². The highest BCUT2D eigenvalue weighted by Gasteiger charge is 2.32. The van der Waals surface area contributed by atoms with Crippen LogP contribution in [0.3, 0.4) is 0 Å². The Kier molecular flexibility index (Phi) is 4.73. The first-order valence-electron chi connectivity index (χ1n) is 10.4. The van der Waals surface area contributed by atoms with E-state index < -0.39 is 5.97 Å². The van der Waals surface area contributed by atoms with E-state index in [4.69, 9.17) is 9.25 Å². The summed E-state index contributed by atoms with van der Waals surface area (Å²) in [5.41, 5.74) is 4.95. The van der Waals surface area contributed by atoms with Gasteiger partial charge in [-0.2, -0.15) is 0 Å². The number of carbonyl (C=O) groups excluding carboxylic acids is 1. The fourth-order valence-electron chi connectivity index (χ4n) is 4.52. The van der Waals surface area contributed by atoms with E-state index in [0.29, 0.717) is 0 Å². The van der Waals surface area contributed by atoms with Crippen LogP contribution in [0.15, 0.2) is 58.6 Å². The minimum atomic E-state index is -0.583. The lowest BCUT2D eigenvalue weighted by Crippen LogP contribution is -2.28. The number of benzene rings is 1. The number of aromatic nitrogens is 3. The maximum atomic E-state index is 12.6. The Hall–Kier alpha value is -3.61. The maximum Gasteiger partial charge on any atom is 0.400 e. The van der Waals surface area contributed by atoms with Gasteiger partial charge in [0.2, 0.25) is 5.76 Å². The van der Waals surface area contributed by atoms with Crippen molar-refractivity contribution in [2.75, 3.05) is 0 Å². The topological polar surface area (TPSA) is 74.5 Å². The Balaban J connectivity index is 1.59. The van der Waals surface area contributed by atoms with Crippen molar-refractivity contribution in [3.05, 3.63) is 77.4 Å². The summed E-state index contributed by atoms with van der Waals surface area (Å²) in [7, 11) is 2.08. The van der Waals surface area contributed by atoms with Gasteiger partial charge in [-0.05, 0) is 38.8 Å². The first kappa shape index (κ1) is 19.4. The van der Waals surface area contributed by atoms with Gasteiger partial charge >= 0.3 is 5.97 Å². The number of rotatable bonds is 4. The van der Waals surface area contributed by atoms with Gasteiger partial charge in [0.05, 0.1) is 12.0 Å². The molecule has 0 fully saturated rings. The Morgan fingerprint density at radius 1 is 1.29 bits per heavy atom. The van der Waals surface area contributed by atoms with E-state index in [0.717, 1.165) is 53.0 Å². The summed E-state index contributed by atoms with van der Waals surface area (Å²) in [5.74, 6) is 0.642. The molecule has 0 aliphatic heterocycles. The van der Waals surface area contributed by atoms with Crippen molar-refractivity contribution < 1.29 is 14.0 Å². The monoisotopic (exact) mass is 416 g/mol. The fraction of sp³-hybridized carbons (Fsp3) is 0.292. The highest BCUT2D eigenvalue weighted by Crippen LogP contribution is 2.35. The number of furan rings is 1. The molecule has 1 aromatic carbocycles. The SMILES string of the molecule is Cc1ccoc1C(=O)ON=C1c2c(n(C)c3ccccc23)CCC1Cn1ccnc1C. The van der Waals surface area contributed by atoms with Gasteiger partial charge in [-0.25, -0.2) is 9.78 Å². The number of aryl methyl sites for hydroxylation is 3. The molecule has 0 N–H and O–H groups in total. The molecule has 0 bridgehead atoms. The molecule has 7 nitrogen and oxygen atoms in total. The van der Waals surface area contributed by atoms with E-state index in [1.807, 2.05) is 25.3 Å². The van der Waals surface area contributed by atoms with Crippen LogP contribution in [0.25, 0.3) is 10.9 Å². The highest BCUT2D eigenvalue weighted by molar-refractivity contribution is 6.14. The Morgan fingerprint density at radius 3 is 2.87 bits per heavy atom. The summed E-state index contributed by atoms with van der Waals surface area (Å²) in [5, 5.41) is 5.56. The van der Waals surface area contributed by atoms with E-state index in [1.165, 1.54) is 12.0 Å². The molecule has 0 amide bonds. The fourth-order valence-corrected chi connectivity index (χ4v) is 4.52. The Labute approximate surface area is 179 Å². The zero-order chi connectivity index (χ0) is 21.5. The molecule has 0 saturated heterocycles. The van der Waals surface area contributed by atoms with Crippen LogP contribution in [0.4, 0.5) is 0 Å². The van der Waals surface area contributed by atoms with Crippen LogP contribution in [0.5, 0.6) is 0 Å². The van der Waals surface area contributed by atoms with Crippen molar-refractivity contribution in [2.45, 2.75) is 33.2 Å². The van der Waals surface area contributed by atoms with Gasteiger partial charge in [-0.15, -0.1) is 0 Å². The van der Waals surface area contributed by atoms with Crippen LogP contribution in [-0.4, -0.2) is 25.8 Å². The lowest BCUT2D eigenvalue weighted by molar-refractivity contribution is 0.0476. The zero-order valence-electron chi connectivity index (χ0n) is 17.8. The molecule has 0 spiro atoms. The summed E-state index contributed by atoms with van der Waals surface area (Å²) >= 11 is 0. The quantitative estimate of drug-likeness (QED) is 0.365. The predicted molar refractivity (Wildman–Crippen MR) is 117 cm³/mol. The lowest BCUT2D eigenvalue weighted by Gasteiger charge is -2.25. The first-order chi connectivity index (χ1) is 15.0. The molecule has 1 atom stereocenters. The van der Waals surface area contributed by atoms with Gasteiger partial charge in [0.15, 0.2) is 0 Å².